The maximum absolute atomic E-state index is 12.3. The second-order valence-corrected chi connectivity index (χ2v) is 4.75. The monoisotopic (exact) mass is 314 g/mol. The van der Waals surface area contributed by atoms with E-state index in [4.69, 9.17) is 13.9 Å². The molecule has 0 unspecified atom stereocenters. The fourth-order valence-corrected chi connectivity index (χ4v) is 2.21. The van der Waals surface area contributed by atoms with Crippen molar-refractivity contribution in [3.8, 4) is 11.5 Å². The van der Waals surface area contributed by atoms with E-state index in [1.54, 1.807) is 36.4 Å². The lowest BCUT2D eigenvalue weighted by Gasteiger charge is -2.10. The molecule has 0 spiro atoms. The molecule has 0 aliphatic carbocycles. The summed E-state index contributed by atoms with van der Waals surface area (Å²) >= 11 is 0. The molecule has 1 aromatic heterocycles. The number of H-pyrrole nitrogens is 1. The summed E-state index contributed by atoms with van der Waals surface area (Å²) in [4.78, 5) is 26.0. The van der Waals surface area contributed by atoms with Crippen molar-refractivity contribution >= 4 is 22.7 Å². The minimum atomic E-state index is -0.539. The average molecular weight is 314 g/mol. The first kappa shape index (κ1) is 14.7. The molecule has 7 heteroatoms. The number of ether oxygens (including phenoxy) is 2. The number of aromatic amines is 1. The lowest BCUT2D eigenvalue weighted by atomic mass is 10.2. The minimum Gasteiger partial charge on any atom is -0.493 e. The lowest BCUT2D eigenvalue weighted by Crippen LogP contribution is -2.12. The van der Waals surface area contributed by atoms with Crippen molar-refractivity contribution in [2.24, 2.45) is 0 Å². The molecule has 0 atom stereocenters. The number of aromatic nitrogens is 1. The Bertz CT molecular complexity index is 926. The zero-order valence-corrected chi connectivity index (χ0v) is 12.5. The molecule has 0 fully saturated rings. The van der Waals surface area contributed by atoms with E-state index in [1.165, 1.54) is 14.2 Å². The zero-order chi connectivity index (χ0) is 16.4. The summed E-state index contributed by atoms with van der Waals surface area (Å²) in [5.41, 5.74) is 1.90. The van der Waals surface area contributed by atoms with Crippen molar-refractivity contribution in [3.63, 3.8) is 0 Å². The first-order chi connectivity index (χ1) is 11.1. The number of anilines is 1. The molecule has 0 aliphatic heterocycles. The fourth-order valence-electron chi connectivity index (χ4n) is 2.21. The van der Waals surface area contributed by atoms with E-state index in [0.717, 1.165) is 0 Å². The van der Waals surface area contributed by atoms with Gasteiger partial charge < -0.3 is 19.2 Å². The maximum Gasteiger partial charge on any atom is 0.417 e. The van der Waals surface area contributed by atoms with Gasteiger partial charge in [0.05, 0.1) is 19.7 Å². The summed E-state index contributed by atoms with van der Waals surface area (Å²) in [6, 6.07) is 9.76. The highest BCUT2D eigenvalue weighted by Gasteiger charge is 2.11. The number of fused-ring (bicyclic) bond motifs is 1. The molecule has 1 heterocycles. The number of oxazole rings is 1. The van der Waals surface area contributed by atoms with E-state index < -0.39 is 5.76 Å². The molecule has 0 bridgehead atoms. The number of benzene rings is 2. The van der Waals surface area contributed by atoms with Gasteiger partial charge in [0.1, 0.15) is 0 Å². The van der Waals surface area contributed by atoms with E-state index in [0.29, 0.717) is 33.8 Å². The van der Waals surface area contributed by atoms with Crippen LogP contribution in [0.4, 0.5) is 5.69 Å². The van der Waals surface area contributed by atoms with Crippen LogP contribution in [0.5, 0.6) is 11.5 Å². The first-order valence-electron chi connectivity index (χ1n) is 6.77. The van der Waals surface area contributed by atoms with Crippen LogP contribution in [0.3, 0.4) is 0 Å². The van der Waals surface area contributed by atoms with Gasteiger partial charge in [0.2, 0.25) is 0 Å². The molecule has 0 radical (unpaired) electrons. The number of amides is 1. The molecule has 3 rings (SSSR count). The highest BCUT2D eigenvalue weighted by Crippen LogP contribution is 2.28. The van der Waals surface area contributed by atoms with Crippen molar-refractivity contribution in [1.29, 1.82) is 0 Å². The van der Waals surface area contributed by atoms with Gasteiger partial charge >= 0.3 is 5.76 Å². The molecule has 0 aliphatic rings. The maximum atomic E-state index is 12.3. The topological polar surface area (TPSA) is 93.6 Å². The number of rotatable bonds is 4. The Morgan fingerprint density at radius 2 is 1.87 bits per heavy atom. The Morgan fingerprint density at radius 1 is 1.09 bits per heavy atom. The Hall–Kier alpha value is -3.22. The van der Waals surface area contributed by atoms with Gasteiger partial charge in [0.25, 0.3) is 5.91 Å². The molecule has 2 N–H and O–H groups in total. The van der Waals surface area contributed by atoms with E-state index in [-0.39, 0.29) is 5.91 Å². The number of carbonyl (C=O) groups excluding carboxylic acids is 1. The molecular weight excluding hydrogens is 300 g/mol. The Morgan fingerprint density at radius 3 is 2.61 bits per heavy atom. The van der Waals surface area contributed by atoms with Crippen LogP contribution in [-0.4, -0.2) is 25.1 Å². The van der Waals surface area contributed by atoms with Gasteiger partial charge in [-0.25, -0.2) is 4.79 Å². The molecular formula is C16H14N2O5. The summed E-state index contributed by atoms with van der Waals surface area (Å²) in [5.74, 6) is 0.163. The average Bonchev–Trinajstić information content (AvgIpc) is 2.93. The van der Waals surface area contributed by atoms with Gasteiger partial charge in [-0.1, -0.05) is 0 Å². The third-order valence-corrected chi connectivity index (χ3v) is 3.32. The quantitative estimate of drug-likeness (QED) is 0.771. The van der Waals surface area contributed by atoms with E-state index in [1.807, 2.05) is 0 Å². The van der Waals surface area contributed by atoms with Gasteiger partial charge in [-0.3, -0.25) is 9.78 Å². The van der Waals surface area contributed by atoms with Crippen molar-refractivity contribution in [2.75, 3.05) is 19.5 Å². The van der Waals surface area contributed by atoms with E-state index in [2.05, 4.69) is 10.3 Å². The minimum absolute atomic E-state index is 0.309. The van der Waals surface area contributed by atoms with Crippen LogP contribution in [0, 0.1) is 0 Å². The van der Waals surface area contributed by atoms with Crippen molar-refractivity contribution in [3.05, 3.63) is 52.5 Å². The van der Waals surface area contributed by atoms with E-state index in [9.17, 15) is 9.59 Å². The van der Waals surface area contributed by atoms with Crippen LogP contribution >= 0.6 is 0 Å². The lowest BCUT2D eigenvalue weighted by molar-refractivity contribution is 0.102. The van der Waals surface area contributed by atoms with Crippen molar-refractivity contribution < 1.29 is 18.7 Å². The normalized spacial score (nSPS) is 10.5. The van der Waals surface area contributed by atoms with E-state index >= 15 is 0 Å². The molecule has 2 aromatic carbocycles. The van der Waals surface area contributed by atoms with Crippen LogP contribution in [0.2, 0.25) is 0 Å². The number of hydrogen-bond donors (Lipinski definition) is 2. The predicted molar refractivity (Wildman–Crippen MR) is 84.3 cm³/mol. The number of nitrogens with one attached hydrogen (secondary N) is 2. The van der Waals surface area contributed by atoms with Crippen molar-refractivity contribution in [2.45, 2.75) is 0 Å². The van der Waals surface area contributed by atoms with Gasteiger partial charge in [-0.15, -0.1) is 0 Å². The van der Waals surface area contributed by atoms with Crippen LogP contribution in [-0.2, 0) is 0 Å². The third kappa shape index (κ3) is 2.89. The van der Waals surface area contributed by atoms with Crippen LogP contribution < -0.4 is 20.5 Å². The Balaban J connectivity index is 1.86. The van der Waals surface area contributed by atoms with Gasteiger partial charge in [0.15, 0.2) is 17.1 Å². The highest BCUT2D eigenvalue weighted by molar-refractivity contribution is 6.05. The molecule has 23 heavy (non-hydrogen) atoms. The SMILES string of the molecule is COc1ccc(C(=O)Nc2ccc3oc(=O)[nH]c3c2)cc1OC. The predicted octanol–water partition coefficient (Wildman–Crippen LogP) is 2.39. The molecule has 0 saturated heterocycles. The number of hydrogen-bond acceptors (Lipinski definition) is 5. The van der Waals surface area contributed by atoms with Crippen LogP contribution in [0.1, 0.15) is 10.4 Å². The first-order valence-corrected chi connectivity index (χ1v) is 6.77. The van der Waals surface area contributed by atoms with Gasteiger partial charge in [0, 0.05) is 11.3 Å². The molecule has 0 saturated carbocycles. The fraction of sp³-hybridized carbons (Fsp3) is 0.125. The number of methoxy groups -OCH3 is 2. The molecule has 7 nitrogen and oxygen atoms in total. The van der Waals surface area contributed by atoms with Gasteiger partial charge in [-0.2, -0.15) is 0 Å². The summed E-state index contributed by atoms with van der Waals surface area (Å²) in [7, 11) is 3.03. The molecule has 1 amide bonds. The molecule has 118 valence electrons. The molecule has 3 aromatic rings. The second-order valence-electron chi connectivity index (χ2n) is 4.75. The zero-order valence-electron chi connectivity index (χ0n) is 12.5. The van der Waals surface area contributed by atoms with Crippen molar-refractivity contribution in [1.82, 2.24) is 4.98 Å². The van der Waals surface area contributed by atoms with Crippen LogP contribution in [0.25, 0.3) is 11.1 Å². The summed E-state index contributed by atoms with van der Waals surface area (Å²) < 4.78 is 15.2. The largest absolute Gasteiger partial charge is 0.493 e. The summed E-state index contributed by atoms with van der Waals surface area (Å²) in [6.07, 6.45) is 0. The second kappa shape index (κ2) is 5.88. The highest BCUT2D eigenvalue weighted by atomic mass is 16.5. The summed E-state index contributed by atoms with van der Waals surface area (Å²) in [5, 5.41) is 2.75. The number of carbonyl (C=O) groups is 1. The standard InChI is InChI=1S/C16H14N2O5/c1-21-13-5-3-9(7-14(13)22-2)15(19)17-10-4-6-12-11(8-10)18-16(20)23-12/h3-8H,1-2H3,(H,17,19)(H,18,20). The van der Waals surface area contributed by atoms with Crippen LogP contribution in [0.15, 0.2) is 45.6 Å². The Labute approximate surface area is 130 Å². The Kier molecular flexibility index (Phi) is 3.76. The third-order valence-electron chi connectivity index (χ3n) is 3.32. The van der Waals surface area contributed by atoms with Gasteiger partial charge in [-0.05, 0) is 36.4 Å². The summed E-state index contributed by atoms with van der Waals surface area (Å²) in [6.45, 7) is 0. The smallest absolute Gasteiger partial charge is 0.417 e.